The summed E-state index contributed by atoms with van der Waals surface area (Å²) in [5.74, 6) is -1.11. The van der Waals surface area contributed by atoms with Gasteiger partial charge in [0.15, 0.2) is 5.78 Å². The molecular formula is C25H23F4N5O3. The average molecular weight is 517 g/mol. The number of hydrogen-bond acceptors (Lipinski definition) is 7. The van der Waals surface area contributed by atoms with Crippen molar-refractivity contribution in [2.24, 2.45) is 5.41 Å². The zero-order chi connectivity index (χ0) is 26.6. The molecule has 1 saturated heterocycles. The second-order valence-corrected chi connectivity index (χ2v) is 8.74. The second-order valence-electron chi connectivity index (χ2n) is 8.74. The molecule has 3 aromatic rings. The molecule has 3 heterocycles. The van der Waals surface area contributed by atoms with Gasteiger partial charge in [0.05, 0.1) is 53.0 Å². The highest BCUT2D eigenvalue weighted by Gasteiger charge is 2.44. The smallest absolute Gasteiger partial charge is 0.380 e. The van der Waals surface area contributed by atoms with E-state index in [0.717, 1.165) is 12.1 Å². The van der Waals surface area contributed by atoms with Crippen molar-refractivity contribution < 1.29 is 31.9 Å². The van der Waals surface area contributed by atoms with E-state index in [9.17, 15) is 27.2 Å². The van der Waals surface area contributed by atoms with E-state index >= 15 is 0 Å². The van der Waals surface area contributed by atoms with Crippen LogP contribution in [0, 0.1) is 18.2 Å². The topological polar surface area (TPSA) is 106 Å². The number of carbonyl (C=O) groups excluding carboxylic acids is 2. The van der Waals surface area contributed by atoms with E-state index in [-0.39, 0.29) is 42.6 Å². The number of halogens is 4. The summed E-state index contributed by atoms with van der Waals surface area (Å²) in [6, 6.07) is 5.37. The molecule has 1 aliphatic heterocycles. The third-order valence-electron chi connectivity index (χ3n) is 6.01. The summed E-state index contributed by atoms with van der Waals surface area (Å²) in [7, 11) is 0. The molecule has 1 aromatic carbocycles. The number of ether oxygens (including phenoxy) is 1. The lowest BCUT2D eigenvalue weighted by Crippen LogP contribution is -2.42. The van der Waals surface area contributed by atoms with E-state index in [1.54, 1.807) is 6.92 Å². The Morgan fingerprint density at radius 1 is 1.08 bits per heavy atom. The van der Waals surface area contributed by atoms with E-state index in [0.29, 0.717) is 36.2 Å². The first kappa shape index (κ1) is 26.1. The Labute approximate surface area is 209 Å². The molecule has 2 aromatic heterocycles. The lowest BCUT2D eigenvalue weighted by atomic mass is 9.80. The van der Waals surface area contributed by atoms with Gasteiger partial charge in [0.1, 0.15) is 11.6 Å². The van der Waals surface area contributed by atoms with E-state index < -0.39 is 23.0 Å². The van der Waals surface area contributed by atoms with Crippen molar-refractivity contribution in [2.45, 2.75) is 32.5 Å². The predicted octanol–water partition coefficient (Wildman–Crippen LogP) is 4.38. The fraction of sp³-hybridized carbons (Fsp3) is 0.320. The summed E-state index contributed by atoms with van der Waals surface area (Å²) >= 11 is 0. The minimum Gasteiger partial charge on any atom is -0.380 e. The van der Waals surface area contributed by atoms with Crippen LogP contribution in [0.15, 0.2) is 48.9 Å². The first-order valence-corrected chi connectivity index (χ1v) is 11.3. The molecule has 1 atom stereocenters. The highest BCUT2D eigenvalue weighted by atomic mass is 19.4. The van der Waals surface area contributed by atoms with Crippen molar-refractivity contribution in [1.82, 2.24) is 20.3 Å². The van der Waals surface area contributed by atoms with Crippen LogP contribution in [0.1, 0.15) is 40.3 Å². The third kappa shape index (κ3) is 6.26. The number of aryl methyl sites for hydroxylation is 1. The fourth-order valence-electron chi connectivity index (χ4n) is 3.93. The number of anilines is 2. The lowest BCUT2D eigenvalue weighted by molar-refractivity contribution is -0.137. The van der Waals surface area contributed by atoms with Crippen molar-refractivity contribution in [2.75, 3.05) is 18.5 Å². The summed E-state index contributed by atoms with van der Waals surface area (Å²) in [6.45, 7) is 2.17. The van der Waals surface area contributed by atoms with Crippen molar-refractivity contribution >= 4 is 23.1 Å². The Morgan fingerprint density at radius 2 is 1.84 bits per heavy atom. The summed E-state index contributed by atoms with van der Waals surface area (Å²) in [5, 5.41) is 5.37. The molecule has 0 saturated carbocycles. The van der Waals surface area contributed by atoms with Gasteiger partial charge in [-0.15, -0.1) is 0 Å². The molecule has 2 N–H and O–H groups in total. The standard InChI is InChI=1S/C25H23F4N5O3/c1-15-30-10-16(11-31-15)22(35)9-24(6-7-37-14-24)23(36)33-12-18-3-4-19(13-32-18)34-21-5-2-17(26)8-20(21)25(27,28)29/h2-5,8,10-11,13,34H,6-7,9,12,14H2,1H3,(H,33,36)/t24-/m0/s1. The molecule has 8 nitrogen and oxygen atoms in total. The maximum atomic E-state index is 13.3. The largest absolute Gasteiger partial charge is 0.418 e. The number of benzene rings is 1. The normalized spacial score (nSPS) is 17.4. The number of alkyl halides is 3. The number of Topliss-reactive ketones (excluding diaryl/α,β-unsaturated/α-hetero) is 1. The summed E-state index contributed by atoms with van der Waals surface area (Å²) in [5.41, 5.74) is -1.49. The Bertz CT molecular complexity index is 1270. The van der Waals surface area contributed by atoms with Crippen LogP contribution in [0.4, 0.5) is 28.9 Å². The van der Waals surface area contributed by atoms with Crippen LogP contribution in [0.3, 0.4) is 0 Å². The molecule has 194 valence electrons. The van der Waals surface area contributed by atoms with Crippen LogP contribution in [0.25, 0.3) is 0 Å². The molecular weight excluding hydrogens is 494 g/mol. The van der Waals surface area contributed by atoms with Crippen LogP contribution in [0.2, 0.25) is 0 Å². The van der Waals surface area contributed by atoms with E-state index in [4.69, 9.17) is 4.74 Å². The molecule has 1 aliphatic rings. The van der Waals surface area contributed by atoms with Crippen molar-refractivity contribution in [3.05, 3.63) is 77.4 Å². The van der Waals surface area contributed by atoms with Crippen molar-refractivity contribution in [3.8, 4) is 0 Å². The Hall–Kier alpha value is -3.93. The number of nitrogens with zero attached hydrogens (tertiary/aromatic N) is 3. The number of pyridine rings is 1. The van der Waals surface area contributed by atoms with Crippen LogP contribution in [-0.2, 0) is 22.3 Å². The van der Waals surface area contributed by atoms with Crippen molar-refractivity contribution in [1.29, 1.82) is 0 Å². The molecule has 37 heavy (non-hydrogen) atoms. The van der Waals surface area contributed by atoms with Crippen LogP contribution in [-0.4, -0.2) is 39.9 Å². The molecule has 0 unspecified atom stereocenters. The molecule has 0 aliphatic carbocycles. The number of ketones is 1. The summed E-state index contributed by atoms with van der Waals surface area (Å²) in [6.07, 6.45) is -0.284. The summed E-state index contributed by atoms with van der Waals surface area (Å²) < 4.78 is 58.4. The number of carbonyl (C=O) groups is 2. The SMILES string of the molecule is Cc1ncc(C(=O)C[C@@]2(C(=O)NCc3ccc(Nc4ccc(F)cc4C(F)(F)F)cn3)CCOC2)cn1. The quantitative estimate of drug-likeness (QED) is 0.338. The van der Waals surface area contributed by atoms with Gasteiger partial charge in [-0.2, -0.15) is 13.2 Å². The summed E-state index contributed by atoms with van der Waals surface area (Å²) in [4.78, 5) is 38.1. The first-order valence-electron chi connectivity index (χ1n) is 11.3. The zero-order valence-electron chi connectivity index (χ0n) is 19.7. The fourth-order valence-corrected chi connectivity index (χ4v) is 3.93. The monoisotopic (exact) mass is 517 g/mol. The number of amides is 1. The first-order chi connectivity index (χ1) is 17.6. The Balaban J connectivity index is 1.39. The van der Waals surface area contributed by atoms with Gasteiger partial charge in [0, 0.05) is 25.4 Å². The Kier molecular flexibility index (Phi) is 7.48. The van der Waals surface area contributed by atoms with Gasteiger partial charge in [0.25, 0.3) is 0 Å². The van der Waals surface area contributed by atoms with Gasteiger partial charge in [0.2, 0.25) is 5.91 Å². The molecule has 0 bridgehead atoms. The van der Waals surface area contributed by atoms with Gasteiger partial charge in [-0.1, -0.05) is 0 Å². The molecule has 0 radical (unpaired) electrons. The number of hydrogen-bond donors (Lipinski definition) is 2. The minimum atomic E-state index is -4.74. The van der Waals surface area contributed by atoms with E-state index in [1.165, 1.54) is 30.7 Å². The molecule has 4 rings (SSSR count). The van der Waals surface area contributed by atoms with Crippen LogP contribution < -0.4 is 10.6 Å². The molecule has 0 spiro atoms. The number of nitrogens with one attached hydrogen (secondary N) is 2. The zero-order valence-corrected chi connectivity index (χ0v) is 19.7. The van der Waals surface area contributed by atoms with E-state index in [2.05, 4.69) is 25.6 Å². The van der Waals surface area contributed by atoms with Gasteiger partial charge in [-0.25, -0.2) is 14.4 Å². The molecule has 1 fully saturated rings. The highest BCUT2D eigenvalue weighted by molar-refractivity contribution is 5.99. The average Bonchev–Trinajstić information content (AvgIpc) is 3.34. The Morgan fingerprint density at radius 3 is 2.46 bits per heavy atom. The molecule has 12 heteroatoms. The second kappa shape index (κ2) is 10.6. The maximum absolute atomic E-state index is 13.3. The molecule has 1 amide bonds. The van der Waals surface area contributed by atoms with Gasteiger partial charge >= 0.3 is 6.18 Å². The van der Waals surface area contributed by atoms with E-state index in [1.807, 2.05) is 0 Å². The van der Waals surface area contributed by atoms with Crippen LogP contribution in [0.5, 0.6) is 0 Å². The van der Waals surface area contributed by atoms with Gasteiger partial charge in [-0.3, -0.25) is 14.6 Å². The highest BCUT2D eigenvalue weighted by Crippen LogP contribution is 2.37. The predicted molar refractivity (Wildman–Crippen MR) is 124 cm³/mol. The minimum absolute atomic E-state index is 0.0348. The number of aromatic nitrogens is 3. The number of rotatable bonds is 8. The van der Waals surface area contributed by atoms with Gasteiger partial charge in [-0.05, 0) is 43.7 Å². The third-order valence-corrected chi connectivity index (χ3v) is 6.01. The van der Waals surface area contributed by atoms with Crippen LogP contribution >= 0.6 is 0 Å². The maximum Gasteiger partial charge on any atom is 0.418 e. The van der Waals surface area contributed by atoms with Crippen molar-refractivity contribution in [3.63, 3.8) is 0 Å². The van der Waals surface area contributed by atoms with Gasteiger partial charge < -0.3 is 15.4 Å². The lowest BCUT2D eigenvalue weighted by Gasteiger charge is -2.25.